The molecule has 4 nitrogen and oxygen atoms in total. The van der Waals surface area contributed by atoms with E-state index in [1.807, 2.05) is 0 Å². The maximum Gasteiger partial charge on any atom is 0.254 e. The summed E-state index contributed by atoms with van der Waals surface area (Å²) in [6.45, 7) is 1.26. The number of benzene rings is 1. The van der Waals surface area contributed by atoms with E-state index in [1.165, 1.54) is 0 Å². The Morgan fingerprint density at radius 2 is 2.11 bits per heavy atom. The zero-order valence-corrected chi connectivity index (χ0v) is 12.2. The Bertz CT molecular complexity index is 507. The summed E-state index contributed by atoms with van der Waals surface area (Å²) in [6, 6.07) is 5.00. The van der Waals surface area contributed by atoms with E-state index in [2.05, 4.69) is 15.9 Å². The largest absolute Gasteiger partial charge is 0.342 e. The van der Waals surface area contributed by atoms with Crippen LogP contribution in [0.4, 0.5) is 0 Å². The van der Waals surface area contributed by atoms with Crippen molar-refractivity contribution in [1.82, 2.24) is 9.80 Å². The van der Waals surface area contributed by atoms with Crippen molar-refractivity contribution in [2.75, 3.05) is 26.7 Å². The highest BCUT2D eigenvalue weighted by atomic mass is 79.9. The van der Waals surface area contributed by atoms with E-state index in [-0.39, 0.29) is 18.4 Å². The summed E-state index contributed by atoms with van der Waals surface area (Å²) in [5.41, 5.74) is 0.531. The summed E-state index contributed by atoms with van der Waals surface area (Å²) in [6.07, 6.45) is 0. The van der Waals surface area contributed by atoms with Crippen LogP contribution in [0.3, 0.4) is 0 Å². The van der Waals surface area contributed by atoms with Crippen molar-refractivity contribution in [1.29, 1.82) is 0 Å². The maximum atomic E-state index is 12.2. The molecule has 0 N–H and O–H groups in total. The van der Waals surface area contributed by atoms with Crippen LogP contribution in [0.1, 0.15) is 10.4 Å². The van der Waals surface area contributed by atoms with Crippen LogP contribution in [0, 0.1) is 0 Å². The summed E-state index contributed by atoms with van der Waals surface area (Å²) >= 11 is 9.16. The van der Waals surface area contributed by atoms with Crippen molar-refractivity contribution in [3.05, 3.63) is 33.3 Å². The second-order valence-electron chi connectivity index (χ2n) is 4.17. The molecule has 0 unspecified atom stereocenters. The van der Waals surface area contributed by atoms with Crippen molar-refractivity contribution in [2.24, 2.45) is 0 Å². The number of rotatable bonds is 1. The van der Waals surface area contributed by atoms with Gasteiger partial charge in [-0.2, -0.15) is 0 Å². The van der Waals surface area contributed by atoms with Crippen LogP contribution in [-0.4, -0.2) is 48.3 Å². The molecule has 2 rings (SSSR count). The highest BCUT2D eigenvalue weighted by Gasteiger charge is 2.25. The average molecular weight is 332 g/mol. The first-order chi connectivity index (χ1) is 8.49. The Morgan fingerprint density at radius 3 is 2.72 bits per heavy atom. The molecule has 1 heterocycles. The van der Waals surface area contributed by atoms with Crippen LogP contribution in [0.15, 0.2) is 22.7 Å². The Balaban J connectivity index is 2.16. The molecule has 0 saturated carbocycles. The molecule has 6 heteroatoms. The Hall–Kier alpha value is -1.07. The summed E-state index contributed by atoms with van der Waals surface area (Å²) in [7, 11) is 1.74. The minimum absolute atomic E-state index is 0.0392. The fourth-order valence-corrected chi connectivity index (χ4v) is 2.24. The first-order valence-electron chi connectivity index (χ1n) is 5.47. The lowest BCUT2D eigenvalue weighted by molar-refractivity contribution is -0.133. The Kier molecular flexibility index (Phi) is 3.92. The summed E-state index contributed by atoms with van der Waals surface area (Å²) in [5.74, 6) is -0.184. The first kappa shape index (κ1) is 13.4. The minimum atomic E-state index is -0.145. The highest BCUT2D eigenvalue weighted by molar-refractivity contribution is 9.10. The topological polar surface area (TPSA) is 40.6 Å². The number of hydrogen-bond donors (Lipinski definition) is 0. The molecule has 1 fully saturated rings. The lowest BCUT2D eigenvalue weighted by atomic mass is 10.2. The molecule has 0 bridgehead atoms. The van der Waals surface area contributed by atoms with Crippen LogP contribution in [0.2, 0.25) is 5.02 Å². The Labute approximate surface area is 119 Å². The van der Waals surface area contributed by atoms with E-state index in [0.29, 0.717) is 28.1 Å². The molecule has 2 amide bonds. The smallest absolute Gasteiger partial charge is 0.254 e. The molecule has 0 aromatic heterocycles. The molecule has 1 aliphatic rings. The van der Waals surface area contributed by atoms with Crippen LogP contribution in [-0.2, 0) is 4.79 Å². The van der Waals surface area contributed by atoms with Gasteiger partial charge in [0.1, 0.15) is 6.54 Å². The molecule has 18 heavy (non-hydrogen) atoms. The third kappa shape index (κ3) is 2.67. The predicted octanol–water partition coefficient (Wildman–Crippen LogP) is 2.02. The molecule has 1 aliphatic heterocycles. The third-order valence-corrected chi connectivity index (χ3v) is 4.12. The molecule has 0 atom stereocenters. The molecule has 0 radical (unpaired) electrons. The molecular formula is C12H12BrClN2O2. The van der Waals surface area contributed by atoms with E-state index >= 15 is 0 Å². The zero-order valence-electron chi connectivity index (χ0n) is 9.82. The molecule has 0 spiro atoms. The van der Waals surface area contributed by atoms with E-state index in [9.17, 15) is 9.59 Å². The monoisotopic (exact) mass is 330 g/mol. The molecule has 0 aliphatic carbocycles. The van der Waals surface area contributed by atoms with Gasteiger partial charge in [-0.1, -0.05) is 11.6 Å². The normalized spacial score (nSPS) is 16.1. The SMILES string of the molecule is CN1CCN(C(=O)c2ccc(Cl)c(Br)c2)CC1=O. The lowest BCUT2D eigenvalue weighted by Gasteiger charge is -2.32. The quantitative estimate of drug-likeness (QED) is 0.790. The molecule has 96 valence electrons. The van der Waals surface area contributed by atoms with Gasteiger partial charge in [0.05, 0.1) is 5.02 Å². The number of hydrogen-bond acceptors (Lipinski definition) is 2. The van der Waals surface area contributed by atoms with Gasteiger partial charge in [0.2, 0.25) is 5.91 Å². The van der Waals surface area contributed by atoms with Gasteiger partial charge in [0.15, 0.2) is 0 Å². The van der Waals surface area contributed by atoms with E-state index in [0.717, 1.165) is 0 Å². The second kappa shape index (κ2) is 5.28. The van der Waals surface area contributed by atoms with Gasteiger partial charge < -0.3 is 9.80 Å². The number of halogens is 2. The predicted molar refractivity (Wildman–Crippen MR) is 72.7 cm³/mol. The van der Waals surface area contributed by atoms with Crippen LogP contribution >= 0.6 is 27.5 Å². The number of nitrogens with zero attached hydrogens (tertiary/aromatic N) is 2. The average Bonchev–Trinajstić information content (AvgIpc) is 2.35. The molecular weight excluding hydrogens is 320 g/mol. The van der Waals surface area contributed by atoms with Crippen LogP contribution in [0.25, 0.3) is 0 Å². The number of amides is 2. The molecule has 1 aromatic carbocycles. The summed E-state index contributed by atoms with van der Waals surface area (Å²) in [5, 5.41) is 0.556. The first-order valence-corrected chi connectivity index (χ1v) is 6.64. The van der Waals surface area contributed by atoms with E-state index in [1.54, 1.807) is 35.0 Å². The fourth-order valence-electron chi connectivity index (χ4n) is 1.74. The number of carbonyl (C=O) groups is 2. The minimum Gasteiger partial charge on any atom is -0.342 e. The van der Waals surface area contributed by atoms with Crippen LogP contribution in [0.5, 0.6) is 0 Å². The van der Waals surface area contributed by atoms with Crippen molar-refractivity contribution >= 4 is 39.3 Å². The van der Waals surface area contributed by atoms with Gasteiger partial charge in [-0.15, -0.1) is 0 Å². The standard InChI is InChI=1S/C12H12BrClN2O2/c1-15-4-5-16(7-11(15)17)12(18)8-2-3-10(14)9(13)6-8/h2-3,6H,4-5,7H2,1H3. The van der Waals surface area contributed by atoms with Crippen molar-refractivity contribution in [3.63, 3.8) is 0 Å². The fraction of sp³-hybridized carbons (Fsp3) is 0.333. The van der Waals surface area contributed by atoms with E-state index in [4.69, 9.17) is 11.6 Å². The van der Waals surface area contributed by atoms with Gasteiger partial charge in [-0.3, -0.25) is 9.59 Å². The zero-order chi connectivity index (χ0) is 13.3. The Morgan fingerprint density at radius 1 is 1.39 bits per heavy atom. The van der Waals surface area contributed by atoms with Crippen LogP contribution < -0.4 is 0 Å². The van der Waals surface area contributed by atoms with Gasteiger partial charge in [0, 0.05) is 30.2 Å². The maximum absolute atomic E-state index is 12.2. The molecule has 1 saturated heterocycles. The number of likely N-dealkylation sites (N-methyl/N-ethyl adjacent to an activating group) is 1. The van der Waals surface area contributed by atoms with Gasteiger partial charge >= 0.3 is 0 Å². The van der Waals surface area contributed by atoms with Crippen molar-refractivity contribution < 1.29 is 9.59 Å². The third-order valence-electron chi connectivity index (χ3n) is 2.91. The molecule has 1 aromatic rings. The van der Waals surface area contributed by atoms with Gasteiger partial charge in [0.25, 0.3) is 5.91 Å². The lowest BCUT2D eigenvalue weighted by Crippen LogP contribution is -2.50. The van der Waals surface area contributed by atoms with Gasteiger partial charge in [-0.05, 0) is 34.1 Å². The van der Waals surface area contributed by atoms with E-state index < -0.39 is 0 Å². The summed E-state index contributed by atoms with van der Waals surface area (Å²) in [4.78, 5) is 26.9. The highest BCUT2D eigenvalue weighted by Crippen LogP contribution is 2.24. The number of piperazine rings is 1. The second-order valence-corrected chi connectivity index (χ2v) is 5.43. The van der Waals surface area contributed by atoms with Crippen molar-refractivity contribution in [3.8, 4) is 0 Å². The number of carbonyl (C=O) groups excluding carboxylic acids is 2. The van der Waals surface area contributed by atoms with Crippen molar-refractivity contribution in [2.45, 2.75) is 0 Å². The summed E-state index contributed by atoms with van der Waals surface area (Å²) < 4.78 is 0.676. The van der Waals surface area contributed by atoms with Gasteiger partial charge in [-0.25, -0.2) is 0 Å².